The minimum atomic E-state index is 0.0700. The van der Waals surface area contributed by atoms with E-state index in [-0.39, 0.29) is 11.6 Å². The van der Waals surface area contributed by atoms with Crippen molar-refractivity contribution in [3.8, 4) is 0 Å². The van der Waals surface area contributed by atoms with Crippen LogP contribution in [0.4, 0.5) is 0 Å². The fourth-order valence-corrected chi connectivity index (χ4v) is 3.88. The molecule has 1 aromatic rings. The minimum absolute atomic E-state index is 0.0700. The van der Waals surface area contributed by atoms with Crippen LogP contribution in [0, 0.1) is 0 Å². The lowest BCUT2D eigenvalue weighted by Crippen LogP contribution is -2.63. The Hall–Kier alpha value is -0.490. The number of hydrazine groups is 1. The van der Waals surface area contributed by atoms with Gasteiger partial charge in [-0.05, 0) is 59.9 Å². The second-order valence-corrected chi connectivity index (χ2v) is 6.33. The fraction of sp³-hybridized carbons (Fsp3) is 0.688. The van der Waals surface area contributed by atoms with Crippen molar-refractivity contribution in [2.24, 2.45) is 5.84 Å². The van der Waals surface area contributed by atoms with Gasteiger partial charge in [0.15, 0.2) is 0 Å². The van der Waals surface area contributed by atoms with Gasteiger partial charge >= 0.3 is 0 Å². The van der Waals surface area contributed by atoms with Crippen molar-refractivity contribution >= 4 is 15.9 Å². The zero-order chi connectivity index (χ0) is 15.9. The van der Waals surface area contributed by atoms with E-state index in [1.54, 1.807) is 0 Å². The molecule has 0 saturated heterocycles. The molecule has 0 fully saturated rings. The number of nitrogens with one attached hydrogen (secondary N) is 1. The number of pyridine rings is 1. The topological polar surface area (TPSA) is 54.2 Å². The number of nitrogens with zero attached hydrogens (tertiary/aromatic N) is 2. The van der Waals surface area contributed by atoms with E-state index in [4.69, 9.17) is 5.84 Å². The summed E-state index contributed by atoms with van der Waals surface area (Å²) in [6.07, 6.45) is 6.75. The Balaban J connectivity index is 3.07. The molecular weight excluding hydrogens is 328 g/mol. The van der Waals surface area contributed by atoms with Gasteiger partial charge in [-0.15, -0.1) is 0 Å². The molecule has 1 atom stereocenters. The van der Waals surface area contributed by atoms with Crippen molar-refractivity contribution in [2.45, 2.75) is 58.5 Å². The van der Waals surface area contributed by atoms with Crippen LogP contribution in [0.5, 0.6) is 0 Å². The van der Waals surface area contributed by atoms with Gasteiger partial charge in [-0.1, -0.05) is 27.7 Å². The average Bonchev–Trinajstić information content (AvgIpc) is 2.51. The largest absolute Gasteiger partial charge is 0.297 e. The maximum atomic E-state index is 5.93. The molecule has 0 amide bonds. The molecule has 1 aromatic heterocycles. The van der Waals surface area contributed by atoms with Crippen LogP contribution in [0.3, 0.4) is 0 Å². The van der Waals surface area contributed by atoms with Gasteiger partial charge in [-0.3, -0.25) is 21.2 Å². The van der Waals surface area contributed by atoms with Crippen LogP contribution in [0.15, 0.2) is 22.9 Å². The van der Waals surface area contributed by atoms with Gasteiger partial charge in [0.1, 0.15) is 0 Å². The first-order valence-electron chi connectivity index (χ1n) is 7.88. The zero-order valence-electron chi connectivity index (χ0n) is 13.7. The Morgan fingerprint density at radius 2 is 1.86 bits per heavy atom. The van der Waals surface area contributed by atoms with Crippen LogP contribution in [0.1, 0.15) is 46.1 Å². The van der Waals surface area contributed by atoms with Gasteiger partial charge in [0.25, 0.3) is 0 Å². The lowest BCUT2D eigenvalue weighted by molar-refractivity contribution is 0.0492. The molecule has 0 aliphatic heterocycles. The van der Waals surface area contributed by atoms with Crippen molar-refractivity contribution in [1.82, 2.24) is 15.3 Å². The Bertz CT molecular complexity index is 416. The molecule has 0 bridgehead atoms. The molecule has 3 N–H and O–H groups in total. The van der Waals surface area contributed by atoms with E-state index in [9.17, 15) is 0 Å². The normalized spacial score (nSPS) is 13.7. The summed E-state index contributed by atoms with van der Waals surface area (Å²) < 4.78 is 1.01. The van der Waals surface area contributed by atoms with Crippen molar-refractivity contribution in [3.05, 3.63) is 28.5 Å². The van der Waals surface area contributed by atoms with Gasteiger partial charge in [-0.25, -0.2) is 0 Å². The number of likely N-dealkylation sites (N-methyl/N-ethyl adjacent to an activating group) is 1. The van der Waals surface area contributed by atoms with Gasteiger partial charge in [0.05, 0.1) is 0 Å². The highest BCUT2D eigenvalue weighted by molar-refractivity contribution is 9.10. The third-order valence-electron chi connectivity index (χ3n) is 4.67. The molecule has 1 heterocycles. The molecule has 0 spiro atoms. The zero-order valence-corrected chi connectivity index (χ0v) is 15.3. The smallest absolute Gasteiger partial charge is 0.0435 e. The maximum absolute atomic E-state index is 5.93. The lowest BCUT2D eigenvalue weighted by Gasteiger charge is -2.47. The quantitative estimate of drug-likeness (QED) is 0.527. The summed E-state index contributed by atoms with van der Waals surface area (Å²) in [6.45, 7) is 11.0. The van der Waals surface area contributed by atoms with Crippen molar-refractivity contribution in [1.29, 1.82) is 0 Å². The number of halogens is 1. The van der Waals surface area contributed by atoms with Crippen LogP contribution in [0.2, 0.25) is 0 Å². The second-order valence-electron chi connectivity index (χ2n) is 5.42. The van der Waals surface area contributed by atoms with Gasteiger partial charge < -0.3 is 0 Å². The van der Waals surface area contributed by atoms with E-state index >= 15 is 0 Å². The summed E-state index contributed by atoms with van der Waals surface area (Å²) in [4.78, 5) is 6.79. The number of aromatic nitrogens is 1. The van der Waals surface area contributed by atoms with Crippen molar-refractivity contribution in [2.75, 3.05) is 13.1 Å². The van der Waals surface area contributed by atoms with Crippen LogP contribution >= 0.6 is 15.9 Å². The van der Waals surface area contributed by atoms with Gasteiger partial charge in [-0.2, -0.15) is 0 Å². The molecule has 1 unspecified atom stereocenters. The molecule has 0 aromatic carbocycles. The molecule has 21 heavy (non-hydrogen) atoms. The van der Waals surface area contributed by atoms with Crippen molar-refractivity contribution in [3.63, 3.8) is 0 Å². The predicted molar refractivity (Wildman–Crippen MR) is 93.0 cm³/mol. The van der Waals surface area contributed by atoms with E-state index in [0.717, 1.165) is 36.8 Å². The maximum Gasteiger partial charge on any atom is 0.0435 e. The van der Waals surface area contributed by atoms with Crippen LogP contribution < -0.4 is 11.3 Å². The van der Waals surface area contributed by atoms with Crippen LogP contribution in [-0.2, 0) is 6.42 Å². The summed E-state index contributed by atoms with van der Waals surface area (Å²) in [7, 11) is 0. The lowest BCUT2D eigenvalue weighted by atomic mass is 9.80. The van der Waals surface area contributed by atoms with Gasteiger partial charge in [0, 0.05) is 28.4 Å². The molecule has 1 rings (SSSR count). The molecule has 0 saturated carbocycles. The number of rotatable bonds is 9. The third-order valence-corrected chi connectivity index (χ3v) is 5.10. The molecule has 0 radical (unpaired) electrons. The van der Waals surface area contributed by atoms with Crippen LogP contribution in [0.25, 0.3) is 0 Å². The van der Waals surface area contributed by atoms with E-state index in [0.29, 0.717) is 0 Å². The molecule has 120 valence electrons. The summed E-state index contributed by atoms with van der Waals surface area (Å²) in [5.74, 6) is 5.93. The summed E-state index contributed by atoms with van der Waals surface area (Å²) in [5.41, 5.74) is 4.35. The SMILES string of the molecule is CCN(CC)C(CC)(CC)C(Cc1cncc(Br)c1)NN. The second kappa shape index (κ2) is 8.83. The molecular formula is C16H29BrN4. The monoisotopic (exact) mass is 356 g/mol. The Labute approximate surface area is 137 Å². The summed E-state index contributed by atoms with van der Waals surface area (Å²) >= 11 is 3.49. The van der Waals surface area contributed by atoms with Gasteiger partial charge in [0.2, 0.25) is 0 Å². The van der Waals surface area contributed by atoms with Crippen LogP contribution in [-0.4, -0.2) is 34.6 Å². The first-order chi connectivity index (χ1) is 10.1. The molecule has 0 aliphatic rings. The molecule has 0 aliphatic carbocycles. The number of nitrogens with two attached hydrogens (primary N) is 1. The number of hydrogen-bond donors (Lipinski definition) is 2. The molecule has 5 heteroatoms. The summed E-state index contributed by atoms with van der Waals surface area (Å²) in [5, 5.41) is 0. The van der Waals surface area contributed by atoms with E-state index in [2.05, 4.69) is 65.0 Å². The average molecular weight is 357 g/mol. The Kier molecular flexibility index (Phi) is 7.81. The standard InChI is InChI=1S/C16H29BrN4/c1-5-16(6-2,21(7-3)8-4)15(20-18)10-13-9-14(17)12-19-11-13/h9,11-12,15,20H,5-8,10,18H2,1-4H3. The Morgan fingerprint density at radius 3 is 2.29 bits per heavy atom. The van der Waals surface area contributed by atoms with E-state index in [1.807, 2.05) is 12.4 Å². The highest BCUT2D eigenvalue weighted by Gasteiger charge is 2.39. The highest BCUT2D eigenvalue weighted by atomic mass is 79.9. The van der Waals surface area contributed by atoms with Crippen molar-refractivity contribution < 1.29 is 0 Å². The summed E-state index contributed by atoms with van der Waals surface area (Å²) in [6, 6.07) is 2.32. The molecule has 4 nitrogen and oxygen atoms in total. The minimum Gasteiger partial charge on any atom is -0.297 e. The first kappa shape index (κ1) is 18.6. The fourth-order valence-electron chi connectivity index (χ4n) is 3.47. The first-order valence-corrected chi connectivity index (χ1v) is 8.67. The number of hydrogen-bond acceptors (Lipinski definition) is 4. The Morgan fingerprint density at radius 1 is 1.24 bits per heavy atom. The van der Waals surface area contributed by atoms with E-state index < -0.39 is 0 Å². The predicted octanol–water partition coefficient (Wildman–Crippen LogP) is 3.12. The van der Waals surface area contributed by atoms with E-state index in [1.165, 1.54) is 5.56 Å². The highest BCUT2D eigenvalue weighted by Crippen LogP contribution is 2.30. The third kappa shape index (κ3) is 4.25.